The largest absolute Gasteiger partial charge is 0.301 e. The minimum atomic E-state index is 0.652. The molecule has 0 spiro atoms. The minimum absolute atomic E-state index is 0.652. The maximum Gasteiger partial charge on any atom is 0.237 e. The van der Waals surface area contributed by atoms with Crippen molar-refractivity contribution in [1.29, 1.82) is 0 Å². The van der Waals surface area contributed by atoms with Gasteiger partial charge in [-0.2, -0.15) is 4.98 Å². The topological polar surface area (TPSA) is 35.6 Å². The summed E-state index contributed by atoms with van der Waals surface area (Å²) in [6.07, 6.45) is 2.10. The van der Waals surface area contributed by atoms with Gasteiger partial charge in [0.25, 0.3) is 0 Å². The van der Waals surface area contributed by atoms with Crippen molar-refractivity contribution in [2.75, 3.05) is 0 Å². The van der Waals surface area contributed by atoms with Gasteiger partial charge in [0, 0.05) is 33.6 Å². The Kier molecular flexibility index (Phi) is 5.47. The van der Waals surface area contributed by atoms with E-state index in [2.05, 4.69) is 161 Å². The van der Waals surface area contributed by atoms with Gasteiger partial charge in [-0.1, -0.05) is 121 Å². The van der Waals surface area contributed by atoms with Crippen LogP contribution in [0.25, 0.3) is 77.6 Å². The number of hydrogen-bond donors (Lipinski definition) is 0. The van der Waals surface area contributed by atoms with Crippen molar-refractivity contribution >= 4 is 43.6 Å². The van der Waals surface area contributed by atoms with E-state index in [1.807, 2.05) is 6.07 Å². The predicted molar refractivity (Wildman–Crippen MR) is 182 cm³/mol. The lowest BCUT2D eigenvalue weighted by Gasteiger charge is -2.12. The minimum Gasteiger partial charge on any atom is -0.301 e. The van der Waals surface area contributed by atoms with Gasteiger partial charge in [-0.25, -0.2) is 4.98 Å². The fourth-order valence-corrected chi connectivity index (χ4v) is 6.54. The van der Waals surface area contributed by atoms with E-state index in [1.54, 1.807) is 0 Å². The molecule has 9 rings (SSSR count). The molecule has 0 saturated carbocycles. The molecule has 3 aromatic heterocycles. The summed E-state index contributed by atoms with van der Waals surface area (Å²) in [4.78, 5) is 10.6. The van der Waals surface area contributed by atoms with Crippen LogP contribution in [-0.2, 0) is 0 Å². The van der Waals surface area contributed by atoms with E-state index < -0.39 is 0 Å². The van der Waals surface area contributed by atoms with Crippen LogP contribution in [0.4, 0.5) is 0 Å². The first-order chi connectivity index (χ1) is 21.8. The molecule has 0 radical (unpaired) electrons. The van der Waals surface area contributed by atoms with Crippen LogP contribution in [0.5, 0.6) is 0 Å². The van der Waals surface area contributed by atoms with Gasteiger partial charge in [0.15, 0.2) is 5.65 Å². The SMILES string of the molecule is c1ccc(-n2ccc3c(-c4ccc(-c5cccc6ccccc56)cc4)nc(-n4c5ccccc5c5ccccc54)nc32)cc1. The van der Waals surface area contributed by atoms with Gasteiger partial charge in [-0.3, -0.25) is 4.57 Å². The molecule has 0 unspecified atom stereocenters. The zero-order chi connectivity index (χ0) is 29.0. The average Bonchev–Trinajstić information content (AvgIpc) is 3.68. The van der Waals surface area contributed by atoms with Crippen LogP contribution in [0, 0.1) is 0 Å². The normalized spacial score (nSPS) is 11.6. The van der Waals surface area contributed by atoms with Gasteiger partial charge < -0.3 is 4.57 Å². The van der Waals surface area contributed by atoms with E-state index in [9.17, 15) is 0 Å². The Morgan fingerprint density at radius 1 is 0.432 bits per heavy atom. The molecule has 0 fully saturated rings. The highest BCUT2D eigenvalue weighted by Crippen LogP contribution is 2.36. The zero-order valence-electron chi connectivity index (χ0n) is 23.8. The number of benzene rings is 6. The third kappa shape index (κ3) is 3.78. The molecule has 0 aliphatic rings. The van der Waals surface area contributed by atoms with E-state index in [4.69, 9.17) is 9.97 Å². The van der Waals surface area contributed by atoms with Gasteiger partial charge in [0.2, 0.25) is 5.95 Å². The molecule has 6 aromatic carbocycles. The highest BCUT2D eigenvalue weighted by atomic mass is 15.2. The molecule has 0 amide bonds. The van der Waals surface area contributed by atoms with Crippen LogP contribution >= 0.6 is 0 Å². The van der Waals surface area contributed by atoms with Crippen molar-refractivity contribution in [1.82, 2.24) is 19.1 Å². The van der Waals surface area contributed by atoms with E-state index in [1.165, 1.54) is 32.7 Å². The molecule has 4 heteroatoms. The van der Waals surface area contributed by atoms with Crippen LogP contribution in [0.2, 0.25) is 0 Å². The van der Waals surface area contributed by atoms with Crippen molar-refractivity contribution in [3.63, 3.8) is 0 Å². The maximum absolute atomic E-state index is 5.31. The lowest BCUT2D eigenvalue weighted by molar-refractivity contribution is 0.988. The first-order valence-corrected chi connectivity index (χ1v) is 14.9. The summed E-state index contributed by atoms with van der Waals surface area (Å²) >= 11 is 0. The standard InChI is InChI=1S/C40H26N4/c1-2-13-30(14-3-1)43-26-25-35-38(29-23-21-28(22-24-29)32-18-10-12-27-11-4-5-15-31(27)32)41-40(42-39(35)43)44-36-19-8-6-16-33(36)34-17-7-9-20-37(34)44/h1-26H. The fraction of sp³-hybridized carbons (Fsp3) is 0. The maximum atomic E-state index is 5.31. The first-order valence-electron chi connectivity index (χ1n) is 14.9. The number of hydrogen-bond acceptors (Lipinski definition) is 2. The third-order valence-corrected chi connectivity index (χ3v) is 8.61. The number of para-hydroxylation sites is 3. The summed E-state index contributed by atoms with van der Waals surface area (Å²) in [5.74, 6) is 0.652. The summed E-state index contributed by atoms with van der Waals surface area (Å²) in [6.45, 7) is 0. The summed E-state index contributed by atoms with van der Waals surface area (Å²) < 4.78 is 4.35. The molecule has 0 N–H and O–H groups in total. The Balaban J connectivity index is 1.29. The summed E-state index contributed by atoms with van der Waals surface area (Å²) in [6, 6.07) is 53.3. The lowest BCUT2D eigenvalue weighted by atomic mass is 9.97. The van der Waals surface area contributed by atoms with E-state index in [-0.39, 0.29) is 0 Å². The summed E-state index contributed by atoms with van der Waals surface area (Å²) in [7, 11) is 0. The number of fused-ring (bicyclic) bond motifs is 5. The van der Waals surface area contributed by atoms with Crippen LogP contribution in [0.1, 0.15) is 0 Å². The molecule has 0 atom stereocenters. The Hall–Kier alpha value is -6.00. The smallest absolute Gasteiger partial charge is 0.237 e. The van der Waals surface area contributed by atoms with Crippen molar-refractivity contribution in [3.8, 4) is 34.0 Å². The van der Waals surface area contributed by atoms with Crippen molar-refractivity contribution in [2.45, 2.75) is 0 Å². The van der Waals surface area contributed by atoms with Crippen LogP contribution in [0.15, 0.2) is 158 Å². The van der Waals surface area contributed by atoms with Gasteiger partial charge in [0.1, 0.15) is 0 Å². The lowest BCUT2D eigenvalue weighted by Crippen LogP contribution is -2.05. The number of aromatic nitrogens is 4. The Labute approximate surface area is 254 Å². The van der Waals surface area contributed by atoms with Gasteiger partial charge in [-0.15, -0.1) is 0 Å². The van der Waals surface area contributed by atoms with Gasteiger partial charge in [-0.05, 0) is 52.2 Å². The van der Waals surface area contributed by atoms with E-state index in [0.717, 1.165) is 39.0 Å². The Morgan fingerprint density at radius 2 is 1.05 bits per heavy atom. The molecule has 44 heavy (non-hydrogen) atoms. The second kappa shape index (κ2) is 9.79. The highest BCUT2D eigenvalue weighted by molar-refractivity contribution is 6.09. The fourth-order valence-electron chi connectivity index (χ4n) is 6.54. The molecule has 9 aromatic rings. The predicted octanol–water partition coefficient (Wildman–Crippen LogP) is 10.0. The molecule has 0 bridgehead atoms. The first kappa shape index (κ1) is 24.6. The quantitative estimate of drug-likeness (QED) is 0.214. The molecular formula is C40H26N4. The number of nitrogens with zero attached hydrogens (tertiary/aromatic N) is 4. The molecule has 3 heterocycles. The van der Waals surface area contributed by atoms with Crippen LogP contribution < -0.4 is 0 Å². The van der Waals surface area contributed by atoms with E-state index >= 15 is 0 Å². The molecule has 206 valence electrons. The molecule has 0 aliphatic carbocycles. The third-order valence-electron chi connectivity index (χ3n) is 8.61. The molecule has 0 saturated heterocycles. The Bertz CT molecular complexity index is 2430. The summed E-state index contributed by atoms with van der Waals surface area (Å²) in [5, 5.41) is 5.87. The second-order valence-corrected chi connectivity index (χ2v) is 11.1. The molecule has 4 nitrogen and oxygen atoms in total. The highest BCUT2D eigenvalue weighted by Gasteiger charge is 2.19. The summed E-state index contributed by atoms with van der Waals surface area (Å²) in [5.41, 5.74) is 8.47. The Morgan fingerprint density at radius 3 is 1.80 bits per heavy atom. The van der Waals surface area contributed by atoms with Crippen LogP contribution in [0.3, 0.4) is 0 Å². The number of rotatable bonds is 4. The molecule has 0 aliphatic heterocycles. The monoisotopic (exact) mass is 562 g/mol. The second-order valence-electron chi connectivity index (χ2n) is 11.1. The zero-order valence-corrected chi connectivity index (χ0v) is 23.8. The van der Waals surface area contributed by atoms with Crippen molar-refractivity contribution in [3.05, 3.63) is 158 Å². The van der Waals surface area contributed by atoms with Crippen molar-refractivity contribution < 1.29 is 0 Å². The van der Waals surface area contributed by atoms with Crippen molar-refractivity contribution in [2.24, 2.45) is 0 Å². The average molecular weight is 563 g/mol. The van der Waals surface area contributed by atoms with E-state index in [0.29, 0.717) is 5.95 Å². The van der Waals surface area contributed by atoms with Crippen LogP contribution in [-0.4, -0.2) is 19.1 Å². The van der Waals surface area contributed by atoms with Gasteiger partial charge >= 0.3 is 0 Å². The van der Waals surface area contributed by atoms with Gasteiger partial charge in [0.05, 0.1) is 16.7 Å². The molecular weight excluding hydrogens is 536 g/mol.